The molecule has 0 aliphatic heterocycles. The van der Waals surface area contributed by atoms with Gasteiger partial charge in [0, 0.05) is 0 Å². The van der Waals surface area contributed by atoms with E-state index in [1.165, 1.54) is 10.9 Å². The van der Waals surface area contributed by atoms with Crippen LogP contribution in [0.25, 0.3) is 5.13 Å². The standard InChI is InChI=1S/C6H5N5O3S2/c12-3(13)1-15-6-10-9-5(16-6)11-2-7-8-4(11)14/h2H,1H2,(H,8,14)(H,12,13). The van der Waals surface area contributed by atoms with Gasteiger partial charge in [0.2, 0.25) is 5.13 Å². The Kier molecular flexibility index (Phi) is 3.01. The summed E-state index contributed by atoms with van der Waals surface area (Å²) in [4.78, 5) is 21.5. The van der Waals surface area contributed by atoms with E-state index in [9.17, 15) is 9.59 Å². The van der Waals surface area contributed by atoms with Crippen LogP contribution in [-0.4, -0.2) is 41.8 Å². The van der Waals surface area contributed by atoms with Gasteiger partial charge in [-0.05, 0) is 0 Å². The first-order chi connectivity index (χ1) is 7.66. The van der Waals surface area contributed by atoms with Crippen LogP contribution in [0.4, 0.5) is 0 Å². The predicted octanol–water partition coefficient (Wildman–Crippen LogP) is -0.411. The van der Waals surface area contributed by atoms with Gasteiger partial charge in [-0.3, -0.25) is 4.79 Å². The second-order valence-electron chi connectivity index (χ2n) is 2.56. The first-order valence-corrected chi connectivity index (χ1v) is 5.77. The first kappa shape index (κ1) is 10.8. The maximum Gasteiger partial charge on any atom is 0.349 e. The summed E-state index contributed by atoms with van der Waals surface area (Å²) in [6, 6.07) is 0. The highest BCUT2D eigenvalue weighted by Gasteiger charge is 2.10. The molecule has 0 saturated carbocycles. The molecule has 0 bridgehead atoms. The quantitative estimate of drug-likeness (QED) is 0.717. The minimum absolute atomic E-state index is 0.0884. The van der Waals surface area contributed by atoms with Crippen LogP contribution >= 0.6 is 23.1 Å². The summed E-state index contributed by atoms with van der Waals surface area (Å²) >= 11 is 2.18. The maximum atomic E-state index is 11.2. The van der Waals surface area contributed by atoms with Crippen LogP contribution in [0.5, 0.6) is 0 Å². The fraction of sp³-hybridized carbons (Fsp3) is 0.167. The zero-order valence-corrected chi connectivity index (χ0v) is 9.29. The van der Waals surface area contributed by atoms with Gasteiger partial charge in [-0.1, -0.05) is 23.1 Å². The first-order valence-electron chi connectivity index (χ1n) is 3.97. The van der Waals surface area contributed by atoms with Gasteiger partial charge < -0.3 is 5.11 Å². The van der Waals surface area contributed by atoms with Crippen molar-refractivity contribution in [2.45, 2.75) is 4.34 Å². The Bertz CT molecular complexity index is 558. The van der Waals surface area contributed by atoms with Crippen LogP contribution in [-0.2, 0) is 4.79 Å². The van der Waals surface area contributed by atoms with Crippen molar-refractivity contribution in [3.63, 3.8) is 0 Å². The van der Waals surface area contributed by atoms with E-state index in [1.54, 1.807) is 0 Å². The molecule has 10 heteroatoms. The van der Waals surface area contributed by atoms with Crippen molar-refractivity contribution in [3.8, 4) is 5.13 Å². The van der Waals surface area contributed by atoms with Gasteiger partial charge in [-0.15, -0.1) is 10.2 Å². The van der Waals surface area contributed by atoms with Crippen molar-refractivity contribution in [1.29, 1.82) is 0 Å². The molecule has 16 heavy (non-hydrogen) atoms. The number of carboxylic acids is 1. The van der Waals surface area contributed by atoms with E-state index in [1.807, 2.05) is 0 Å². The number of aliphatic carboxylic acids is 1. The molecular weight excluding hydrogens is 254 g/mol. The monoisotopic (exact) mass is 259 g/mol. The molecule has 0 aliphatic rings. The lowest BCUT2D eigenvalue weighted by Gasteiger charge is -1.89. The normalized spacial score (nSPS) is 10.5. The van der Waals surface area contributed by atoms with Gasteiger partial charge in [-0.25, -0.2) is 14.5 Å². The lowest BCUT2D eigenvalue weighted by molar-refractivity contribution is -0.133. The number of hydrogen-bond acceptors (Lipinski definition) is 7. The van der Waals surface area contributed by atoms with Crippen LogP contribution < -0.4 is 5.69 Å². The Morgan fingerprint density at radius 1 is 1.62 bits per heavy atom. The summed E-state index contributed by atoms with van der Waals surface area (Å²) in [7, 11) is 0. The Labute approximate surface area is 96.3 Å². The molecule has 0 unspecified atom stereocenters. The van der Waals surface area contributed by atoms with Crippen molar-refractivity contribution in [2.75, 3.05) is 5.75 Å². The molecule has 2 rings (SSSR count). The van der Waals surface area contributed by atoms with E-state index < -0.39 is 11.7 Å². The Morgan fingerprint density at radius 3 is 3.06 bits per heavy atom. The van der Waals surface area contributed by atoms with E-state index in [0.717, 1.165) is 23.1 Å². The van der Waals surface area contributed by atoms with E-state index >= 15 is 0 Å². The Hall–Kier alpha value is -1.68. The fourth-order valence-electron chi connectivity index (χ4n) is 0.866. The number of H-pyrrole nitrogens is 1. The molecule has 2 aromatic heterocycles. The Balaban J connectivity index is 2.17. The molecule has 0 atom stereocenters. The lowest BCUT2D eigenvalue weighted by atomic mass is 10.8. The van der Waals surface area contributed by atoms with E-state index in [-0.39, 0.29) is 5.75 Å². The molecular formula is C6H5N5O3S2. The molecule has 84 valence electrons. The molecule has 0 aromatic carbocycles. The summed E-state index contributed by atoms with van der Waals surface area (Å²) in [6.07, 6.45) is 1.29. The van der Waals surface area contributed by atoms with Crippen LogP contribution in [0.2, 0.25) is 0 Å². The average molecular weight is 259 g/mol. The molecule has 0 spiro atoms. The van der Waals surface area contributed by atoms with E-state index in [4.69, 9.17) is 5.11 Å². The molecule has 8 nitrogen and oxygen atoms in total. The van der Waals surface area contributed by atoms with Crippen LogP contribution in [0.3, 0.4) is 0 Å². The number of nitrogens with zero attached hydrogens (tertiary/aromatic N) is 4. The lowest BCUT2D eigenvalue weighted by Crippen LogP contribution is -2.13. The van der Waals surface area contributed by atoms with Gasteiger partial charge in [0.15, 0.2) is 4.34 Å². The summed E-state index contributed by atoms with van der Waals surface area (Å²) < 4.78 is 1.69. The van der Waals surface area contributed by atoms with Gasteiger partial charge in [-0.2, -0.15) is 5.10 Å². The fourth-order valence-corrected chi connectivity index (χ4v) is 2.40. The van der Waals surface area contributed by atoms with Gasteiger partial charge in [0.05, 0.1) is 5.75 Å². The van der Waals surface area contributed by atoms with Crippen LogP contribution in [0.1, 0.15) is 0 Å². The molecule has 0 fully saturated rings. The third-order valence-electron chi connectivity index (χ3n) is 1.47. The van der Waals surface area contributed by atoms with E-state index in [2.05, 4.69) is 20.4 Å². The third kappa shape index (κ3) is 2.28. The number of aromatic nitrogens is 5. The number of carbonyl (C=O) groups is 1. The summed E-state index contributed by atoms with van der Waals surface area (Å²) in [6.45, 7) is 0. The minimum atomic E-state index is -0.928. The highest BCUT2D eigenvalue weighted by atomic mass is 32.2. The van der Waals surface area contributed by atoms with Crippen LogP contribution in [0.15, 0.2) is 15.5 Å². The molecule has 0 radical (unpaired) electrons. The molecule has 0 amide bonds. The molecule has 0 aliphatic carbocycles. The van der Waals surface area contributed by atoms with Crippen molar-refractivity contribution >= 4 is 29.1 Å². The largest absolute Gasteiger partial charge is 0.481 e. The second-order valence-corrected chi connectivity index (χ2v) is 4.74. The average Bonchev–Trinajstić information content (AvgIpc) is 2.83. The molecule has 2 heterocycles. The summed E-state index contributed by atoms with van der Waals surface area (Å²) in [5.74, 6) is -1.02. The number of rotatable bonds is 4. The highest BCUT2D eigenvalue weighted by Crippen LogP contribution is 2.23. The number of thioether (sulfide) groups is 1. The second kappa shape index (κ2) is 4.45. The van der Waals surface area contributed by atoms with E-state index in [0.29, 0.717) is 9.47 Å². The topological polar surface area (TPSA) is 114 Å². The maximum absolute atomic E-state index is 11.2. The number of aromatic amines is 1. The third-order valence-corrected chi connectivity index (χ3v) is 3.51. The summed E-state index contributed by atoms with van der Waals surface area (Å²) in [5.41, 5.74) is -0.411. The molecule has 2 aromatic rings. The van der Waals surface area contributed by atoms with Crippen molar-refractivity contribution in [3.05, 3.63) is 16.8 Å². The zero-order chi connectivity index (χ0) is 11.5. The predicted molar refractivity (Wildman–Crippen MR) is 56.0 cm³/mol. The number of carboxylic acid groups (broad SMARTS) is 1. The highest BCUT2D eigenvalue weighted by molar-refractivity contribution is 8.01. The van der Waals surface area contributed by atoms with Crippen LogP contribution in [0, 0.1) is 0 Å². The van der Waals surface area contributed by atoms with Gasteiger partial charge in [0.1, 0.15) is 6.33 Å². The van der Waals surface area contributed by atoms with Crippen molar-refractivity contribution in [1.82, 2.24) is 25.0 Å². The summed E-state index contributed by atoms with van der Waals surface area (Å²) in [5, 5.41) is 22.1. The Morgan fingerprint density at radius 2 is 2.44 bits per heavy atom. The van der Waals surface area contributed by atoms with Gasteiger partial charge >= 0.3 is 11.7 Å². The minimum Gasteiger partial charge on any atom is -0.481 e. The van der Waals surface area contributed by atoms with Crippen molar-refractivity contribution in [2.24, 2.45) is 0 Å². The molecule has 0 saturated heterocycles. The number of hydrogen-bond donors (Lipinski definition) is 2. The SMILES string of the molecule is O=C(O)CSc1nnc(-n2cn[nH]c2=O)s1. The zero-order valence-electron chi connectivity index (χ0n) is 7.65. The van der Waals surface area contributed by atoms with Crippen molar-refractivity contribution < 1.29 is 9.90 Å². The molecule has 2 N–H and O–H groups in total. The smallest absolute Gasteiger partial charge is 0.349 e. The van der Waals surface area contributed by atoms with Gasteiger partial charge in [0.25, 0.3) is 0 Å². The number of nitrogens with one attached hydrogen (secondary N) is 1.